The third-order valence-corrected chi connectivity index (χ3v) is 3.50. The van der Waals surface area contributed by atoms with E-state index in [1.54, 1.807) is 4.57 Å². The molecule has 0 saturated heterocycles. The molecule has 1 atom stereocenters. The first-order valence-corrected chi connectivity index (χ1v) is 6.32. The van der Waals surface area contributed by atoms with E-state index in [4.69, 9.17) is 11.6 Å². The molecule has 0 amide bonds. The van der Waals surface area contributed by atoms with Crippen molar-refractivity contribution in [1.82, 2.24) is 14.8 Å². The Morgan fingerprint density at radius 3 is 2.63 bits per heavy atom. The van der Waals surface area contributed by atoms with Crippen molar-refractivity contribution in [3.63, 3.8) is 0 Å². The summed E-state index contributed by atoms with van der Waals surface area (Å²) in [6.07, 6.45) is 2.67. The van der Waals surface area contributed by atoms with E-state index in [1.165, 1.54) is 12.7 Å². The van der Waals surface area contributed by atoms with E-state index < -0.39 is 6.23 Å². The lowest BCUT2D eigenvalue weighted by atomic mass is 10.0. The molecule has 19 heavy (non-hydrogen) atoms. The van der Waals surface area contributed by atoms with Gasteiger partial charge in [0.15, 0.2) is 0 Å². The molecule has 0 aliphatic rings. The van der Waals surface area contributed by atoms with E-state index in [-0.39, 0.29) is 0 Å². The molecule has 96 valence electrons. The van der Waals surface area contributed by atoms with Gasteiger partial charge in [-0.3, -0.25) is 4.57 Å². The second kappa shape index (κ2) is 4.99. The van der Waals surface area contributed by atoms with E-state index in [9.17, 15) is 5.11 Å². The summed E-state index contributed by atoms with van der Waals surface area (Å²) in [5.74, 6) is 0. The number of aliphatic hydroxyl groups is 1. The zero-order valence-electron chi connectivity index (χ0n) is 10.1. The van der Waals surface area contributed by atoms with Crippen LogP contribution in [0.15, 0.2) is 49.1 Å². The topological polar surface area (TPSA) is 50.9 Å². The lowest BCUT2D eigenvalue weighted by molar-refractivity contribution is 0.104. The number of fused-ring (bicyclic) bond motifs is 1. The Balaban J connectivity index is 2.02. The minimum atomic E-state index is -0.724. The molecule has 3 rings (SSSR count). The highest BCUT2D eigenvalue weighted by molar-refractivity contribution is 6.32. The molecule has 0 saturated carbocycles. The van der Waals surface area contributed by atoms with Gasteiger partial charge in [-0.2, -0.15) is 0 Å². The Hall–Kier alpha value is -1.91. The minimum Gasteiger partial charge on any atom is -0.373 e. The molecular formula is C14H12ClN3O. The van der Waals surface area contributed by atoms with E-state index in [2.05, 4.69) is 10.2 Å². The third kappa shape index (κ3) is 2.32. The van der Waals surface area contributed by atoms with Gasteiger partial charge in [-0.05, 0) is 22.4 Å². The van der Waals surface area contributed by atoms with E-state index in [0.717, 1.165) is 16.3 Å². The van der Waals surface area contributed by atoms with Crippen molar-refractivity contribution in [2.75, 3.05) is 0 Å². The summed E-state index contributed by atoms with van der Waals surface area (Å²) in [7, 11) is 0. The Kier molecular flexibility index (Phi) is 3.19. The Labute approximate surface area is 115 Å². The summed E-state index contributed by atoms with van der Waals surface area (Å²) in [5.41, 5.74) is 0.931. The summed E-state index contributed by atoms with van der Waals surface area (Å²) >= 11 is 6.26. The number of aliphatic hydroxyl groups excluding tert-OH is 1. The van der Waals surface area contributed by atoms with Crippen LogP contribution in [0.4, 0.5) is 0 Å². The quantitative estimate of drug-likeness (QED) is 0.798. The Morgan fingerprint density at radius 1 is 1.11 bits per heavy atom. The monoisotopic (exact) mass is 273 g/mol. The molecule has 1 unspecified atom stereocenters. The van der Waals surface area contributed by atoms with Gasteiger partial charge < -0.3 is 5.11 Å². The van der Waals surface area contributed by atoms with Gasteiger partial charge in [0.25, 0.3) is 0 Å². The molecule has 1 N–H and O–H groups in total. The summed E-state index contributed by atoms with van der Waals surface area (Å²) in [5, 5.41) is 20.4. The first-order valence-electron chi connectivity index (χ1n) is 5.94. The van der Waals surface area contributed by atoms with Crippen molar-refractivity contribution >= 4 is 22.4 Å². The molecule has 4 nitrogen and oxygen atoms in total. The maximum absolute atomic E-state index is 10.2. The number of nitrogens with zero attached hydrogens (tertiary/aromatic N) is 3. The van der Waals surface area contributed by atoms with Gasteiger partial charge in [0.05, 0.1) is 0 Å². The summed E-state index contributed by atoms with van der Waals surface area (Å²) < 4.78 is 1.55. The van der Waals surface area contributed by atoms with Crippen molar-refractivity contribution in [3.05, 3.63) is 59.6 Å². The minimum absolute atomic E-state index is 0.415. The fourth-order valence-electron chi connectivity index (χ4n) is 2.17. The lowest BCUT2D eigenvalue weighted by Crippen LogP contribution is -2.09. The molecule has 3 aromatic rings. The van der Waals surface area contributed by atoms with Crippen LogP contribution in [0, 0.1) is 0 Å². The fraction of sp³-hybridized carbons (Fsp3) is 0.143. The fourth-order valence-corrected chi connectivity index (χ4v) is 2.41. The summed E-state index contributed by atoms with van der Waals surface area (Å²) in [6.45, 7) is 0. The second-order valence-corrected chi connectivity index (χ2v) is 4.75. The highest BCUT2D eigenvalue weighted by atomic mass is 35.5. The van der Waals surface area contributed by atoms with Crippen LogP contribution in [0.5, 0.6) is 0 Å². The molecule has 0 spiro atoms. The van der Waals surface area contributed by atoms with Crippen LogP contribution in [0.3, 0.4) is 0 Å². The van der Waals surface area contributed by atoms with Crippen molar-refractivity contribution in [1.29, 1.82) is 0 Å². The number of benzene rings is 2. The molecule has 2 aromatic carbocycles. The van der Waals surface area contributed by atoms with Gasteiger partial charge in [0.1, 0.15) is 18.9 Å². The average Bonchev–Trinajstić information content (AvgIpc) is 2.96. The standard InChI is InChI=1S/C14H12ClN3O/c15-13-6-5-10-3-1-2-4-11(10)12(13)7-14(19)18-8-16-17-9-18/h1-6,8-9,14,19H,7H2. The molecule has 0 bridgehead atoms. The molecule has 1 heterocycles. The molecule has 0 aliphatic heterocycles. The van der Waals surface area contributed by atoms with Crippen LogP contribution in [0.2, 0.25) is 5.02 Å². The molecule has 5 heteroatoms. The van der Waals surface area contributed by atoms with Gasteiger partial charge in [0, 0.05) is 11.4 Å². The van der Waals surface area contributed by atoms with Gasteiger partial charge in [0.2, 0.25) is 0 Å². The zero-order valence-corrected chi connectivity index (χ0v) is 10.8. The zero-order chi connectivity index (χ0) is 13.2. The van der Waals surface area contributed by atoms with Crippen molar-refractivity contribution in [2.45, 2.75) is 12.6 Å². The number of halogens is 1. The summed E-state index contributed by atoms with van der Waals surface area (Å²) in [4.78, 5) is 0. The first kappa shape index (κ1) is 12.1. The normalized spacial score (nSPS) is 12.7. The van der Waals surface area contributed by atoms with E-state index in [0.29, 0.717) is 11.4 Å². The second-order valence-electron chi connectivity index (χ2n) is 4.34. The number of hydrogen-bond donors (Lipinski definition) is 1. The Morgan fingerprint density at radius 2 is 1.84 bits per heavy atom. The van der Waals surface area contributed by atoms with Crippen LogP contribution in [-0.4, -0.2) is 19.9 Å². The number of rotatable bonds is 3. The largest absolute Gasteiger partial charge is 0.373 e. The molecule has 0 fully saturated rings. The predicted octanol–water partition coefficient (Wildman–Crippen LogP) is 2.82. The van der Waals surface area contributed by atoms with Crippen LogP contribution in [0.25, 0.3) is 10.8 Å². The molecule has 0 radical (unpaired) electrons. The van der Waals surface area contributed by atoms with Crippen LogP contribution < -0.4 is 0 Å². The SMILES string of the molecule is OC(Cc1c(Cl)ccc2ccccc12)n1cnnc1. The van der Waals surface area contributed by atoms with E-state index >= 15 is 0 Å². The first-order chi connectivity index (χ1) is 9.25. The molecule has 0 aliphatic carbocycles. The van der Waals surface area contributed by atoms with E-state index in [1.807, 2.05) is 36.4 Å². The highest BCUT2D eigenvalue weighted by Crippen LogP contribution is 2.28. The van der Waals surface area contributed by atoms with Crippen LogP contribution in [-0.2, 0) is 6.42 Å². The average molecular weight is 274 g/mol. The summed E-state index contributed by atoms with van der Waals surface area (Å²) in [6, 6.07) is 11.8. The predicted molar refractivity (Wildman–Crippen MR) is 73.9 cm³/mol. The molecular weight excluding hydrogens is 262 g/mol. The van der Waals surface area contributed by atoms with Crippen LogP contribution in [0.1, 0.15) is 11.8 Å². The maximum atomic E-state index is 10.2. The lowest BCUT2D eigenvalue weighted by Gasteiger charge is -2.14. The molecule has 1 aromatic heterocycles. The van der Waals surface area contributed by atoms with Gasteiger partial charge in [-0.1, -0.05) is 41.9 Å². The van der Waals surface area contributed by atoms with Crippen LogP contribution >= 0.6 is 11.6 Å². The van der Waals surface area contributed by atoms with Gasteiger partial charge >= 0.3 is 0 Å². The highest BCUT2D eigenvalue weighted by Gasteiger charge is 2.13. The number of hydrogen-bond acceptors (Lipinski definition) is 3. The Bertz CT molecular complexity index is 697. The maximum Gasteiger partial charge on any atom is 0.137 e. The third-order valence-electron chi connectivity index (χ3n) is 3.15. The smallest absolute Gasteiger partial charge is 0.137 e. The van der Waals surface area contributed by atoms with Crippen molar-refractivity contribution < 1.29 is 5.11 Å². The number of aromatic nitrogens is 3. The van der Waals surface area contributed by atoms with Gasteiger partial charge in [-0.25, -0.2) is 0 Å². The van der Waals surface area contributed by atoms with Crippen molar-refractivity contribution in [2.24, 2.45) is 0 Å². The van der Waals surface area contributed by atoms with Gasteiger partial charge in [-0.15, -0.1) is 10.2 Å². The van der Waals surface area contributed by atoms with Crippen molar-refractivity contribution in [3.8, 4) is 0 Å².